The lowest BCUT2D eigenvalue weighted by molar-refractivity contribution is 0.171. The van der Waals surface area contributed by atoms with Crippen molar-refractivity contribution in [1.29, 1.82) is 0 Å². The minimum absolute atomic E-state index is 0.0858. The van der Waals surface area contributed by atoms with E-state index in [1.165, 1.54) is 5.56 Å². The van der Waals surface area contributed by atoms with Gasteiger partial charge in [0.05, 0.1) is 0 Å². The van der Waals surface area contributed by atoms with Crippen LogP contribution in [0.5, 0.6) is 0 Å². The molecule has 0 amide bonds. The number of benzene rings is 1. The van der Waals surface area contributed by atoms with E-state index in [2.05, 4.69) is 48.6 Å². The van der Waals surface area contributed by atoms with Crippen molar-refractivity contribution in [3.63, 3.8) is 0 Å². The molecule has 0 aliphatic rings. The summed E-state index contributed by atoms with van der Waals surface area (Å²) in [6, 6.07) is 8.41. The lowest BCUT2D eigenvalue weighted by atomic mass is 9.95. The molecule has 3 nitrogen and oxygen atoms in total. The molecule has 1 aromatic carbocycles. The van der Waals surface area contributed by atoms with Gasteiger partial charge in [0, 0.05) is 30.8 Å². The molecule has 0 saturated carbocycles. The fourth-order valence-corrected chi connectivity index (χ4v) is 1.54. The zero-order chi connectivity index (χ0) is 12.9. The summed E-state index contributed by atoms with van der Waals surface area (Å²) >= 11 is 0. The predicted octanol–water partition coefficient (Wildman–Crippen LogP) is 2.18. The fourth-order valence-electron chi connectivity index (χ4n) is 1.54. The Balaban J connectivity index is 2.60. The highest BCUT2D eigenvalue weighted by atomic mass is 16.3. The van der Waals surface area contributed by atoms with E-state index >= 15 is 0 Å². The van der Waals surface area contributed by atoms with Crippen LogP contribution in [0.15, 0.2) is 24.3 Å². The molecule has 17 heavy (non-hydrogen) atoms. The molecular weight excluding hydrogens is 212 g/mol. The maximum Gasteiger partial charge on any atom is 0.0498 e. The standard InChI is InChI=1S/C14H24N2O/c1-14(2,11-17)10-15-13-7-5-6-12(8-13)9-16(3)4/h5-8,15,17H,9-11H2,1-4H3. The maximum atomic E-state index is 9.20. The van der Waals surface area contributed by atoms with Crippen molar-refractivity contribution >= 4 is 5.69 Å². The summed E-state index contributed by atoms with van der Waals surface area (Å²) < 4.78 is 0. The Bertz CT molecular complexity index is 348. The smallest absolute Gasteiger partial charge is 0.0498 e. The van der Waals surface area contributed by atoms with E-state index in [0.29, 0.717) is 0 Å². The molecule has 3 heteroatoms. The minimum atomic E-state index is -0.0858. The third kappa shape index (κ3) is 5.20. The van der Waals surface area contributed by atoms with Gasteiger partial charge in [0.1, 0.15) is 0 Å². The summed E-state index contributed by atoms with van der Waals surface area (Å²) in [5.41, 5.74) is 2.32. The predicted molar refractivity (Wildman–Crippen MR) is 73.2 cm³/mol. The van der Waals surface area contributed by atoms with Gasteiger partial charge in [0.25, 0.3) is 0 Å². The Morgan fingerprint density at radius 2 is 2.00 bits per heavy atom. The molecule has 0 aromatic heterocycles. The van der Waals surface area contributed by atoms with Crippen molar-refractivity contribution in [3.8, 4) is 0 Å². The second kappa shape index (κ2) is 6.03. The van der Waals surface area contributed by atoms with Crippen LogP contribution >= 0.6 is 0 Å². The van der Waals surface area contributed by atoms with E-state index < -0.39 is 0 Å². The van der Waals surface area contributed by atoms with Crippen LogP contribution in [0.2, 0.25) is 0 Å². The number of anilines is 1. The normalized spacial score (nSPS) is 11.9. The van der Waals surface area contributed by atoms with E-state index in [1.807, 2.05) is 13.8 Å². The number of aliphatic hydroxyl groups is 1. The molecule has 96 valence electrons. The monoisotopic (exact) mass is 236 g/mol. The number of rotatable bonds is 6. The quantitative estimate of drug-likeness (QED) is 0.794. The number of hydrogen-bond acceptors (Lipinski definition) is 3. The van der Waals surface area contributed by atoms with E-state index in [1.54, 1.807) is 0 Å². The lowest BCUT2D eigenvalue weighted by Crippen LogP contribution is -2.26. The molecule has 0 bridgehead atoms. The van der Waals surface area contributed by atoms with Crippen LogP contribution in [0.25, 0.3) is 0 Å². The molecule has 0 heterocycles. The number of hydrogen-bond donors (Lipinski definition) is 2. The van der Waals surface area contributed by atoms with Crippen molar-refractivity contribution in [1.82, 2.24) is 4.90 Å². The van der Waals surface area contributed by atoms with Gasteiger partial charge in [-0.2, -0.15) is 0 Å². The highest BCUT2D eigenvalue weighted by molar-refractivity contribution is 5.45. The van der Waals surface area contributed by atoms with Gasteiger partial charge >= 0.3 is 0 Å². The molecule has 2 N–H and O–H groups in total. The van der Waals surface area contributed by atoms with Crippen LogP contribution < -0.4 is 5.32 Å². The topological polar surface area (TPSA) is 35.5 Å². The van der Waals surface area contributed by atoms with E-state index in [-0.39, 0.29) is 12.0 Å². The molecule has 0 aliphatic heterocycles. The first-order valence-corrected chi connectivity index (χ1v) is 6.01. The van der Waals surface area contributed by atoms with Crippen molar-refractivity contribution in [2.24, 2.45) is 5.41 Å². The van der Waals surface area contributed by atoms with Gasteiger partial charge in [0.2, 0.25) is 0 Å². The van der Waals surface area contributed by atoms with Crippen molar-refractivity contribution in [2.75, 3.05) is 32.6 Å². The number of aliphatic hydroxyl groups excluding tert-OH is 1. The first-order valence-electron chi connectivity index (χ1n) is 6.01. The van der Waals surface area contributed by atoms with Gasteiger partial charge in [-0.25, -0.2) is 0 Å². The highest BCUT2D eigenvalue weighted by Crippen LogP contribution is 2.17. The van der Waals surface area contributed by atoms with Crippen LogP contribution in [0.1, 0.15) is 19.4 Å². The Labute approximate surface area is 104 Å². The van der Waals surface area contributed by atoms with Gasteiger partial charge < -0.3 is 15.3 Å². The van der Waals surface area contributed by atoms with Gasteiger partial charge in [0.15, 0.2) is 0 Å². The molecule has 0 radical (unpaired) electrons. The molecule has 0 aliphatic carbocycles. The van der Waals surface area contributed by atoms with Gasteiger partial charge in [-0.05, 0) is 31.8 Å². The maximum absolute atomic E-state index is 9.20. The second-order valence-corrected chi connectivity index (χ2v) is 5.61. The van der Waals surface area contributed by atoms with Gasteiger partial charge in [-0.15, -0.1) is 0 Å². The molecule has 0 saturated heterocycles. The lowest BCUT2D eigenvalue weighted by Gasteiger charge is -2.23. The Morgan fingerprint density at radius 3 is 2.59 bits per heavy atom. The number of nitrogens with one attached hydrogen (secondary N) is 1. The van der Waals surface area contributed by atoms with Crippen molar-refractivity contribution in [3.05, 3.63) is 29.8 Å². The molecular formula is C14H24N2O. The van der Waals surface area contributed by atoms with Crippen LogP contribution in [-0.4, -0.2) is 37.3 Å². The largest absolute Gasteiger partial charge is 0.396 e. The summed E-state index contributed by atoms with van der Waals surface area (Å²) in [6.07, 6.45) is 0. The SMILES string of the molecule is CN(C)Cc1cccc(NCC(C)(C)CO)c1. The molecule has 0 fully saturated rings. The molecule has 0 atom stereocenters. The Morgan fingerprint density at radius 1 is 1.29 bits per heavy atom. The second-order valence-electron chi connectivity index (χ2n) is 5.61. The molecule has 1 rings (SSSR count). The molecule has 0 spiro atoms. The van der Waals surface area contributed by atoms with Crippen LogP contribution in [0, 0.1) is 5.41 Å². The fraction of sp³-hybridized carbons (Fsp3) is 0.571. The molecule has 0 unspecified atom stereocenters. The van der Waals surface area contributed by atoms with Crippen LogP contribution in [-0.2, 0) is 6.54 Å². The van der Waals surface area contributed by atoms with E-state index in [0.717, 1.165) is 18.8 Å². The van der Waals surface area contributed by atoms with E-state index in [9.17, 15) is 5.11 Å². The van der Waals surface area contributed by atoms with Crippen molar-refractivity contribution < 1.29 is 5.11 Å². The minimum Gasteiger partial charge on any atom is -0.396 e. The summed E-state index contributed by atoms with van der Waals surface area (Å²) in [5.74, 6) is 0. The zero-order valence-corrected chi connectivity index (χ0v) is 11.3. The first kappa shape index (κ1) is 14.0. The summed E-state index contributed by atoms with van der Waals surface area (Å²) in [6.45, 7) is 6.00. The van der Waals surface area contributed by atoms with Gasteiger partial charge in [-0.1, -0.05) is 26.0 Å². The van der Waals surface area contributed by atoms with Crippen LogP contribution in [0.3, 0.4) is 0 Å². The molecule has 1 aromatic rings. The third-order valence-electron chi connectivity index (χ3n) is 2.62. The highest BCUT2D eigenvalue weighted by Gasteiger charge is 2.15. The van der Waals surface area contributed by atoms with Gasteiger partial charge in [-0.3, -0.25) is 0 Å². The summed E-state index contributed by atoms with van der Waals surface area (Å²) in [7, 11) is 4.13. The summed E-state index contributed by atoms with van der Waals surface area (Å²) in [4.78, 5) is 2.15. The van der Waals surface area contributed by atoms with Crippen LogP contribution in [0.4, 0.5) is 5.69 Å². The Kier molecular flexibility index (Phi) is 4.97. The Hall–Kier alpha value is -1.06. The first-order chi connectivity index (χ1) is 7.93. The summed E-state index contributed by atoms with van der Waals surface area (Å²) in [5, 5.41) is 12.6. The van der Waals surface area contributed by atoms with Crippen molar-refractivity contribution in [2.45, 2.75) is 20.4 Å². The van der Waals surface area contributed by atoms with E-state index in [4.69, 9.17) is 0 Å². The zero-order valence-electron chi connectivity index (χ0n) is 11.3. The average Bonchev–Trinajstić information content (AvgIpc) is 2.26. The average molecular weight is 236 g/mol. The number of nitrogens with zero attached hydrogens (tertiary/aromatic N) is 1. The third-order valence-corrected chi connectivity index (χ3v) is 2.62.